The van der Waals surface area contributed by atoms with Crippen LogP contribution >= 0.6 is 10.3 Å². The molecule has 1 N–H and O–H groups in total. The molecular formula is C24H27F3O4S2Si. The van der Waals surface area contributed by atoms with Crippen LogP contribution in [0.5, 0.6) is 0 Å². The normalized spacial score (nSPS) is 13.6. The second kappa shape index (κ2) is 10.2. The second-order valence-electron chi connectivity index (χ2n) is 8.46. The van der Waals surface area contributed by atoms with Gasteiger partial charge in [0.15, 0.2) is 8.32 Å². The van der Waals surface area contributed by atoms with Crippen LogP contribution in [-0.4, -0.2) is 27.0 Å². The van der Waals surface area contributed by atoms with Crippen LogP contribution in [-0.2, 0) is 20.2 Å². The summed E-state index contributed by atoms with van der Waals surface area (Å²) in [6.07, 6.45) is 1.47. The van der Waals surface area contributed by atoms with E-state index in [1.165, 1.54) is 0 Å². The number of halogens is 3. The van der Waals surface area contributed by atoms with Crippen LogP contribution in [0.3, 0.4) is 0 Å². The third-order valence-electron chi connectivity index (χ3n) is 5.13. The molecule has 0 atom stereocenters. The SMILES string of the molecule is C[Si](C)(O)CCCc1ccc(S(OS(=O)(=O)C(F)(F)F)(c2ccccc2)c2ccccc2)cc1. The largest absolute Gasteiger partial charge is 0.524 e. The third kappa shape index (κ3) is 6.11. The quantitative estimate of drug-likeness (QED) is 0.243. The van der Waals surface area contributed by atoms with Gasteiger partial charge in [0.1, 0.15) is 0 Å². The lowest BCUT2D eigenvalue weighted by Crippen LogP contribution is -2.27. The Hall–Kier alpha value is -2.11. The van der Waals surface area contributed by atoms with Gasteiger partial charge in [-0.2, -0.15) is 25.2 Å². The third-order valence-corrected chi connectivity index (χ3v) is 11.6. The average molecular weight is 529 g/mol. The summed E-state index contributed by atoms with van der Waals surface area (Å²) in [5.74, 6) is 0. The molecule has 0 aliphatic rings. The van der Waals surface area contributed by atoms with Crippen LogP contribution in [0.4, 0.5) is 13.2 Å². The summed E-state index contributed by atoms with van der Waals surface area (Å²) in [4.78, 5) is 11.0. The summed E-state index contributed by atoms with van der Waals surface area (Å²) in [5.41, 5.74) is -4.63. The van der Waals surface area contributed by atoms with Crippen LogP contribution < -0.4 is 0 Å². The van der Waals surface area contributed by atoms with Gasteiger partial charge < -0.3 is 4.80 Å². The van der Waals surface area contributed by atoms with E-state index >= 15 is 0 Å². The van der Waals surface area contributed by atoms with E-state index < -0.39 is 34.3 Å². The maximum Gasteiger partial charge on any atom is 0.524 e. The first kappa shape index (κ1) is 26.5. The molecule has 3 aromatic carbocycles. The van der Waals surface area contributed by atoms with Crippen molar-refractivity contribution in [3.8, 4) is 0 Å². The molecule has 0 spiro atoms. The van der Waals surface area contributed by atoms with Crippen LogP contribution in [0.2, 0.25) is 19.1 Å². The summed E-state index contributed by atoms with van der Waals surface area (Å²) in [5, 5.41) is 0. The molecule has 3 aromatic rings. The van der Waals surface area contributed by atoms with Gasteiger partial charge in [-0.05, 0) is 84.3 Å². The predicted molar refractivity (Wildman–Crippen MR) is 131 cm³/mol. The summed E-state index contributed by atoms with van der Waals surface area (Å²) < 4.78 is 70.4. The highest BCUT2D eigenvalue weighted by Gasteiger charge is 2.52. The van der Waals surface area contributed by atoms with Gasteiger partial charge in [0, 0.05) is 14.7 Å². The molecule has 0 aromatic heterocycles. The fourth-order valence-electron chi connectivity index (χ4n) is 3.50. The monoisotopic (exact) mass is 528 g/mol. The lowest BCUT2D eigenvalue weighted by molar-refractivity contribution is -0.0496. The van der Waals surface area contributed by atoms with E-state index in [0.29, 0.717) is 21.1 Å². The van der Waals surface area contributed by atoms with Gasteiger partial charge in [-0.1, -0.05) is 48.5 Å². The molecule has 4 nitrogen and oxygen atoms in total. The van der Waals surface area contributed by atoms with Crippen LogP contribution in [0.25, 0.3) is 0 Å². The molecule has 0 amide bonds. The van der Waals surface area contributed by atoms with Gasteiger partial charge in [-0.25, -0.2) is 0 Å². The number of benzene rings is 3. The zero-order chi connectivity index (χ0) is 25.0. The van der Waals surface area contributed by atoms with Gasteiger partial charge in [-0.3, -0.25) is 0 Å². The molecule has 0 radical (unpaired) electrons. The highest BCUT2D eigenvalue weighted by atomic mass is 32.3. The van der Waals surface area contributed by atoms with Crippen molar-refractivity contribution in [1.82, 2.24) is 0 Å². The smallest absolute Gasteiger partial charge is 0.432 e. The molecule has 3 rings (SSSR count). The molecule has 0 bridgehead atoms. The molecule has 0 saturated heterocycles. The highest BCUT2D eigenvalue weighted by molar-refractivity contribution is 8.33. The first-order valence-electron chi connectivity index (χ1n) is 10.6. The summed E-state index contributed by atoms with van der Waals surface area (Å²) in [7, 11) is -11.4. The Morgan fingerprint density at radius 1 is 0.794 bits per heavy atom. The predicted octanol–water partition coefficient (Wildman–Crippen LogP) is 6.88. The van der Waals surface area contributed by atoms with Crippen molar-refractivity contribution in [3.63, 3.8) is 0 Å². The number of hydrogen-bond acceptors (Lipinski definition) is 4. The minimum atomic E-state index is -5.93. The fraction of sp³-hybridized carbons (Fsp3) is 0.250. The van der Waals surface area contributed by atoms with Crippen molar-refractivity contribution < 1.29 is 30.0 Å². The molecule has 0 aliphatic heterocycles. The minimum absolute atomic E-state index is 0.329. The van der Waals surface area contributed by atoms with E-state index in [4.69, 9.17) is 3.63 Å². The van der Waals surface area contributed by atoms with Crippen LogP contribution in [0.15, 0.2) is 99.6 Å². The molecular weight excluding hydrogens is 501 g/mol. The van der Waals surface area contributed by atoms with Gasteiger partial charge in [0.05, 0.1) is 0 Å². The topological polar surface area (TPSA) is 63.6 Å². The Morgan fingerprint density at radius 2 is 1.24 bits per heavy atom. The Morgan fingerprint density at radius 3 is 1.65 bits per heavy atom. The molecule has 184 valence electrons. The van der Waals surface area contributed by atoms with E-state index in [0.717, 1.165) is 18.0 Å². The van der Waals surface area contributed by atoms with Crippen molar-refractivity contribution in [3.05, 3.63) is 90.5 Å². The molecule has 0 aliphatic carbocycles. The molecule has 34 heavy (non-hydrogen) atoms. The van der Waals surface area contributed by atoms with Gasteiger partial charge in [0.25, 0.3) is 0 Å². The van der Waals surface area contributed by atoms with Crippen molar-refractivity contribution in [2.45, 2.75) is 52.2 Å². The maximum absolute atomic E-state index is 13.5. The van der Waals surface area contributed by atoms with Crippen LogP contribution in [0, 0.1) is 0 Å². The fourth-order valence-corrected chi connectivity index (χ4v) is 9.28. The van der Waals surface area contributed by atoms with Crippen molar-refractivity contribution in [2.75, 3.05) is 0 Å². The van der Waals surface area contributed by atoms with Crippen molar-refractivity contribution >= 4 is 28.7 Å². The lowest BCUT2D eigenvalue weighted by Gasteiger charge is -2.39. The standard InChI is InChI=1S/C24H27F3O4S2Si/c1-34(2,30)19-9-10-20-15-17-23(18-16-20)32(21-11-5-3-6-12-21,22-13-7-4-8-14-22)31-33(28,29)24(25,26)27/h3-8,11-18,30H,9-10,19H2,1-2H3. The van der Waals surface area contributed by atoms with Gasteiger partial charge >= 0.3 is 15.6 Å². The van der Waals surface area contributed by atoms with E-state index in [2.05, 4.69) is 0 Å². The first-order valence-corrected chi connectivity index (χ1v) is 16.7. The summed E-state index contributed by atoms with van der Waals surface area (Å²) in [6.45, 7) is 3.73. The number of aryl methyl sites for hydroxylation is 1. The van der Waals surface area contributed by atoms with Crippen molar-refractivity contribution in [1.29, 1.82) is 0 Å². The average Bonchev–Trinajstić information content (AvgIpc) is 2.78. The van der Waals surface area contributed by atoms with Gasteiger partial charge in [-0.15, -0.1) is 0 Å². The second-order valence-corrected chi connectivity index (χ2v) is 17.0. The highest BCUT2D eigenvalue weighted by Crippen LogP contribution is 2.70. The van der Waals surface area contributed by atoms with Gasteiger partial charge in [0.2, 0.25) is 0 Å². The molecule has 10 heteroatoms. The maximum atomic E-state index is 13.5. The van der Waals surface area contributed by atoms with E-state index in [9.17, 15) is 26.4 Å². The number of rotatable bonds is 9. The van der Waals surface area contributed by atoms with E-state index in [1.54, 1.807) is 84.9 Å². The zero-order valence-electron chi connectivity index (χ0n) is 18.8. The Labute approximate surface area is 201 Å². The van der Waals surface area contributed by atoms with Crippen LogP contribution in [0.1, 0.15) is 12.0 Å². The first-order chi connectivity index (χ1) is 15.9. The molecule has 0 unspecified atom stereocenters. The minimum Gasteiger partial charge on any atom is -0.432 e. The summed E-state index contributed by atoms with van der Waals surface area (Å²) in [6, 6.07) is 23.8. The Bertz CT molecular complexity index is 1140. The van der Waals surface area contributed by atoms with Crippen molar-refractivity contribution in [2.24, 2.45) is 0 Å². The Kier molecular flexibility index (Phi) is 7.98. The lowest BCUT2D eigenvalue weighted by atomic mass is 10.1. The Balaban J connectivity index is 2.15. The summed E-state index contributed by atoms with van der Waals surface area (Å²) >= 11 is 0. The van der Waals surface area contributed by atoms with E-state index in [-0.39, 0.29) is 0 Å². The molecule has 0 fully saturated rings. The zero-order valence-corrected chi connectivity index (χ0v) is 21.5. The molecule has 0 saturated carbocycles. The number of hydrogen-bond donors (Lipinski definition) is 1. The molecule has 0 heterocycles. The number of alkyl halides is 3. The van der Waals surface area contributed by atoms with E-state index in [1.807, 2.05) is 13.1 Å².